The minimum atomic E-state index is 0.872. The first-order valence-corrected chi connectivity index (χ1v) is 15.0. The molecule has 8 aromatic carbocycles. The molecular formula is C42H24O2. The Hall–Kier alpha value is -5.86. The van der Waals surface area contributed by atoms with Gasteiger partial charge in [0, 0.05) is 21.5 Å². The van der Waals surface area contributed by atoms with Crippen LogP contribution in [0.15, 0.2) is 154 Å². The highest BCUT2D eigenvalue weighted by molar-refractivity contribution is 6.24. The van der Waals surface area contributed by atoms with Crippen molar-refractivity contribution in [1.82, 2.24) is 0 Å². The summed E-state index contributed by atoms with van der Waals surface area (Å²) in [7, 11) is 0. The van der Waals surface area contributed by atoms with Crippen LogP contribution in [-0.2, 0) is 0 Å². The third-order valence-corrected chi connectivity index (χ3v) is 9.25. The Labute approximate surface area is 252 Å². The van der Waals surface area contributed by atoms with Crippen LogP contribution >= 0.6 is 0 Å². The normalized spacial score (nSPS) is 12.1. The number of benzene rings is 8. The summed E-state index contributed by atoms with van der Waals surface area (Å²) >= 11 is 0. The number of hydrogen-bond donors (Lipinski definition) is 0. The van der Waals surface area contributed by atoms with Gasteiger partial charge in [0.25, 0.3) is 0 Å². The second kappa shape index (κ2) is 8.82. The number of fused-ring (bicyclic) bond motifs is 9. The lowest BCUT2D eigenvalue weighted by atomic mass is 9.84. The Morgan fingerprint density at radius 1 is 0.295 bits per heavy atom. The highest BCUT2D eigenvalue weighted by Gasteiger charge is 2.19. The largest absolute Gasteiger partial charge is 0.456 e. The Bertz CT molecular complexity index is 2710. The van der Waals surface area contributed by atoms with Gasteiger partial charge in [-0.1, -0.05) is 115 Å². The van der Waals surface area contributed by atoms with E-state index in [1.54, 1.807) is 0 Å². The summed E-state index contributed by atoms with van der Waals surface area (Å²) in [5, 5.41) is 11.8. The topological polar surface area (TPSA) is 26.3 Å². The second-order valence-corrected chi connectivity index (χ2v) is 11.6. The fourth-order valence-corrected chi connectivity index (χ4v) is 7.32. The van der Waals surface area contributed by atoms with Gasteiger partial charge in [0.15, 0.2) is 0 Å². The van der Waals surface area contributed by atoms with Crippen LogP contribution in [0, 0.1) is 0 Å². The predicted octanol–water partition coefficient (Wildman–Crippen LogP) is 12.3. The van der Waals surface area contributed by atoms with Crippen molar-refractivity contribution < 1.29 is 8.83 Å². The maximum Gasteiger partial charge on any atom is 0.136 e. The molecule has 2 heterocycles. The summed E-state index contributed by atoms with van der Waals surface area (Å²) in [5.74, 6) is 0. The molecule has 0 aliphatic heterocycles. The van der Waals surface area contributed by atoms with Gasteiger partial charge in [-0.25, -0.2) is 0 Å². The number of rotatable bonds is 2. The maximum atomic E-state index is 6.56. The molecule has 0 amide bonds. The summed E-state index contributed by atoms with van der Waals surface area (Å²) in [4.78, 5) is 0. The van der Waals surface area contributed by atoms with Crippen molar-refractivity contribution in [2.24, 2.45) is 0 Å². The molecule has 0 saturated heterocycles. The van der Waals surface area contributed by atoms with Gasteiger partial charge >= 0.3 is 0 Å². The fourth-order valence-electron chi connectivity index (χ4n) is 7.32. The summed E-state index contributed by atoms with van der Waals surface area (Å²) in [6.45, 7) is 0. The van der Waals surface area contributed by atoms with E-state index in [1.165, 1.54) is 49.0 Å². The van der Waals surface area contributed by atoms with E-state index in [1.807, 2.05) is 18.2 Å². The molecule has 2 aromatic heterocycles. The van der Waals surface area contributed by atoms with Gasteiger partial charge in [-0.05, 0) is 84.9 Å². The van der Waals surface area contributed by atoms with Gasteiger partial charge in [0.05, 0.1) is 0 Å². The Balaban J connectivity index is 1.26. The molecule has 0 fully saturated rings. The molecule has 0 unspecified atom stereocenters. The number of hydrogen-bond acceptors (Lipinski definition) is 2. The van der Waals surface area contributed by atoms with E-state index in [0.29, 0.717) is 0 Å². The fraction of sp³-hybridized carbons (Fsp3) is 0. The van der Waals surface area contributed by atoms with Crippen molar-refractivity contribution in [1.29, 1.82) is 0 Å². The molecule has 0 saturated carbocycles. The van der Waals surface area contributed by atoms with Crippen molar-refractivity contribution in [2.75, 3.05) is 0 Å². The van der Waals surface area contributed by atoms with Crippen LogP contribution in [0.1, 0.15) is 0 Å². The molecule has 10 rings (SSSR count). The van der Waals surface area contributed by atoms with Crippen molar-refractivity contribution in [3.05, 3.63) is 146 Å². The van der Waals surface area contributed by atoms with Crippen LogP contribution in [0.4, 0.5) is 0 Å². The molecule has 204 valence electrons. The van der Waals surface area contributed by atoms with Crippen LogP contribution in [0.5, 0.6) is 0 Å². The first-order valence-electron chi connectivity index (χ1n) is 15.0. The first-order chi connectivity index (χ1) is 21.8. The molecule has 44 heavy (non-hydrogen) atoms. The van der Waals surface area contributed by atoms with Gasteiger partial charge in [0.1, 0.15) is 22.3 Å². The zero-order chi connectivity index (χ0) is 28.8. The number of furan rings is 2. The third kappa shape index (κ3) is 3.25. The van der Waals surface area contributed by atoms with Crippen LogP contribution in [0.2, 0.25) is 0 Å². The molecule has 10 aromatic rings. The smallest absolute Gasteiger partial charge is 0.136 e. The summed E-state index contributed by atoms with van der Waals surface area (Å²) in [6, 6.07) is 52.0. The molecule has 0 aliphatic carbocycles. The Kier molecular flexibility index (Phi) is 4.75. The van der Waals surface area contributed by atoms with Gasteiger partial charge in [-0.2, -0.15) is 0 Å². The Morgan fingerprint density at radius 2 is 0.795 bits per heavy atom. The summed E-state index contributed by atoms with van der Waals surface area (Å²) in [6.07, 6.45) is 0. The van der Waals surface area contributed by atoms with E-state index in [9.17, 15) is 0 Å². The minimum Gasteiger partial charge on any atom is -0.456 e. The monoisotopic (exact) mass is 560 g/mol. The third-order valence-electron chi connectivity index (χ3n) is 9.25. The Morgan fingerprint density at radius 3 is 1.50 bits per heavy atom. The van der Waals surface area contributed by atoms with Gasteiger partial charge < -0.3 is 8.83 Å². The summed E-state index contributed by atoms with van der Waals surface area (Å²) < 4.78 is 12.8. The molecule has 0 spiro atoms. The highest BCUT2D eigenvalue weighted by Crippen LogP contribution is 2.46. The van der Waals surface area contributed by atoms with E-state index in [-0.39, 0.29) is 0 Å². The lowest BCUT2D eigenvalue weighted by molar-refractivity contribution is 0.664. The zero-order valence-corrected chi connectivity index (χ0v) is 23.7. The van der Waals surface area contributed by atoms with Crippen LogP contribution in [-0.4, -0.2) is 0 Å². The molecule has 0 aliphatic rings. The van der Waals surface area contributed by atoms with E-state index in [4.69, 9.17) is 8.83 Å². The van der Waals surface area contributed by atoms with Gasteiger partial charge in [-0.3, -0.25) is 0 Å². The van der Waals surface area contributed by atoms with E-state index in [0.717, 1.165) is 49.4 Å². The van der Waals surface area contributed by atoms with Crippen molar-refractivity contribution in [2.45, 2.75) is 0 Å². The molecule has 0 radical (unpaired) electrons. The van der Waals surface area contributed by atoms with E-state index < -0.39 is 0 Å². The summed E-state index contributed by atoms with van der Waals surface area (Å²) in [5.41, 5.74) is 8.42. The lowest BCUT2D eigenvalue weighted by Crippen LogP contribution is -1.91. The van der Waals surface area contributed by atoms with Crippen molar-refractivity contribution in [3.63, 3.8) is 0 Å². The molecule has 0 atom stereocenters. The number of para-hydroxylation sites is 1. The van der Waals surface area contributed by atoms with Crippen LogP contribution in [0.3, 0.4) is 0 Å². The van der Waals surface area contributed by atoms with Gasteiger partial charge in [0.2, 0.25) is 0 Å². The SMILES string of the molecule is c1ccc2c(-c3c4ccccc4c(-c4ccc5c(c4)oc4cc6c(cc45)oc4ccccc46)c4ccccc34)cccc2c1. The highest BCUT2D eigenvalue weighted by atomic mass is 16.3. The maximum absolute atomic E-state index is 6.56. The van der Waals surface area contributed by atoms with Gasteiger partial charge in [-0.15, -0.1) is 0 Å². The molecular weight excluding hydrogens is 536 g/mol. The minimum absolute atomic E-state index is 0.872. The molecule has 2 nitrogen and oxygen atoms in total. The predicted molar refractivity (Wildman–Crippen MR) is 184 cm³/mol. The second-order valence-electron chi connectivity index (χ2n) is 11.6. The van der Waals surface area contributed by atoms with Crippen molar-refractivity contribution >= 4 is 76.2 Å². The lowest BCUT2D eigenvalue weighted by Gasteiger charge is -2.18. The zero-order valence-electron chi connectivity index (χ0n) is 23.7. The van der Waals surface area contributed by atoms with Crippen LogP contribution < -0.4 is 0 Å². The first kappa shape index (κ1) is 23.7. The van der Waals surface area contributed by atoms with Crippen molar-refractivity contribution in [3.8, 4) is 22.3 Å². The average Bonchev–Trinajstić information content (AvgIpc) is 3.62. The van der Waals surface area contributed by atoms with E-state index >= 15 is 0 Å². The molecule has 0 bridgehead atoms. The quantitative estimate of drug-likeness (QED) is 0.197. The average molecular weight is 561 g/mol. The van der Waals surface area contributed by atoms with Crippen LogP contribution in [0.25, 0.3) is 98.4 Å². The molecule has 2 heteroatoms. The van der Waals surface area contributed by atoms with E-state index in [2.05, 4.69) is 127 Å². The molecule has 0 N–H and O–H groups in total. The standard InChI is InChI=1S/C42H24O2/c1-2-12-27-25(10-1)11-9-18-30(27)42-33-16-5-3-14-31(33)41(32-15-4-6-17-34(32)42)26-20-21-29-36-24-39-35(23-40(36)44-38(29)22-26)28-13-7-8-19-37(28)43-39/h1-24H.